The average molecular weight is 476 g/mol. The summed E-state index contributed by atoms with van der Waals surface area (Å²) in [6.45, 7) is 0. The van der Waals surface area contributed by atoms with Gasteiger partial charge in [0.15, 0.2) is 5.13 Å². The van der Waals surface area contributed by atoms with Crippen LogP contribution in [0.15, 0.2) is 95.6 Å². The summed E-state index contributed by atoms with van der Waals surface area (Å²) < 4.78 is 0.844. The van der Waals surface area contributed by atoms with E-state index in [1.165, 1.54) is 11.3 Å². The number of hydrogen-bond acceptors (Lipinski definition) is 4. The van der Waals surface area contributed by atoms with Crippen LogP contribution in [-0.2, 0) is 4.79 Å². The summed E-state index contributed by atoms with van der Waals surface area (Å²) in [7, 11) is 0. The van der Waals surface area contributed by atoms with Gasteiger partial charge in [-0.25, -0.2) is 14.9 Å². The average Bonchev–Trinajstić information content (AvgIpc) is 3.35. The first-order valence-electron chi connectivity index (χ1n) is 9.78. The molecule has 0 unspecified atom stereocenters. The van der Waals surface area contributed by atoms with Gasteiger partial charge in [-0.2, -0.15) is 0 Å². The molecule has 0 spiro atoms. The largest absolute Gasteiger partial charge is 0.284 e. The number of carbonyl (C=O) groups excluding carboxylic acids is 1. The van der Waals surface area contributed by atoms with Gasteiger partial charge in [-0.15, -0.1) is 0 Å². The van der Waals surface area contributed by atoms with E-state index in [4.69, 9.17) is 23.2 Å². The Morgan fingerprint density at radius 3 is 2.34 bits per heavy atom. The van der Waals surface area contributed by atoms with Crippen molar-refractivity contribution in [2.75, 3.05) is 4.90 Å². The van der Waals surface area contributed by atoms with Crippen molar-refractivity contribution in [1.82, 2.24) is 4.98 Å². The summed E-state index contributed by atoms with van der Waals surface area (Å²) >= 11 is 13.7. The van der Waals surface area contributed by atoms with E-state index in [2.05, 4.69) is 9.98 Å². The Bertz CT molecular complexity index is 1370. The normalized spacial score (nSPS) is 15.3. The number of rotatable bonds is 4. The zero-order valence-electron chi connectivity index (χ0n) is 16.6. The van der Waals surface area contributed by atoms with Crippen LogP contribution < -0.4 is 4.90 Å². The molecule has 5 rings (SSSR count). The lowest BCUT2D eigenvalue weighted by atomic mass is 10.2. The Hall–Kier alpha value is -3.25. The molecule has 0 fully saturated rings. The molecular weight excluding hydrogens is 461 g/mol. The third kappa shape index (κ3) is 3.98. The highest BCUT2D eigenvalue weighted by atomic mass is 35.5. The predicted octanol–water partition coefficient (Wildman–Crippen LogP) is 6.99. The van der Waals surface area contributed by atoms with E-state index < -0.39 is 0 Å². The number of benzene rings is 3. The SMILES string of the molecule is O=C1/C(=C/C=C/c2ccccc2)N=C(c2ccccc2)N1c1nc2cc(Cl)c(Cl)cc2s1. The molecule has 1 aliphatic rings. The zero-order chi connectivity index (χ0) is 22.1. The van der Waals surface area contributed by atoms with Gasteiger partial charge in [-0.3, -0.25) is 4.79 Å². The maximum absolute atomic E-state index is 13.4. The highest BCUT2D eigenvalue weighted by Gasteiger charge is 2.34. The summed E-state index contributed by atoms with van der Waals surface area (Å²) in [5.74, 6) is 0.295. The number of fused-ring (bicyclic) bond motifs is 1. The molecular formula is C25H15Cl2N3OS. The monoisotopic (exact) mass is 475 g/mol. The smallest absolute Gasteiger partial charge is 0.266 e. The van der Waals surface area contributed by atoms with Crippen molar-refractivity contribution in [3.8, 4) is 0 Å². The molecule has 3 aromatic carbocycles. The quantitative estimate of drug-likeness (QED) is 0.298. The summed E-state index contributed by atoms with van der Waals surface area (Å²) in [5, 5.41) is 1.39. The number of nitrogens with zero attached hydrogens (tertiary/aromatic N) is 3. The van der Waals surface area contributed by atoms with Gasteiger partial charge in [-0.05, 0) is 23.8 Å². The van der Waals surface area contributed by atoms with Crippen LogP contribution in [0.5, 0.6) is 0 Å². The molecule has 0 radical (unpaired) electrons. The Kier molecular flexibility index (Phi) is 5.62. The van der Waals surface area contributed by atoms with E-state index in [9.17, 15) is 4.79 Å². The van der Waals surface area contributed by atoms with E-state index in [0.29, 0.717) is 32.2 Å². The second-order valence-corrected chi connectivity index (χ2v) is 8.82. The molecule has 4 nitrogen and oxygen atoms in total. The van der Waals surface area contributed by atoms with E-state index in [-0.39, 0.29) is 5.91 Å². The van der Waals surface area contributed by atoms with Crippen molar-refractivity contribution < 1.29 is 4.79 Å². The van der Waals surface area contributed by atoms with Crippen LogP contribution in [0, 0.1) is 0 Å². The lowest BCUT2D eigenvalue weighted by molar-refractivity contribution is -0.113. The van der Waals surface area contributed by atoms with Crippen LogP contribution in [-0.4, -0.2) is 16.7 Å². The minimum absolute atomic E-state index is 0.238. The van der Waals surface area contributed by atoms with Crippen molar-refractivity contribution in [3.63, 3.8) is 0 Å². The first-order valence-corrected chi connectivity index (χ1v) is 11.3. The van der Waals surface area contributed by atoms with E-state index >= 15 is 0 Å². The van der Waals surface area contributed by atoms with Gasteiger partial charge >= 0.3 is 0 Å². The molecule has 2 heterocycles. The molecule has 0 aliphatic carbocycles. The molecule has 0 atom stereocenters. The number of anilines is 1. The summed E-state index contributed by atoms with van der Waals surface area (Å²) in [6, 6.07) is 22.9. The zero-order valence-corrected chi connectivity index (χ0v) is 18.9. The highest BCUT2D eigenvalue weighted by Crippen LogP contribution is 2.37. The number of allylic oxidation sites excluding steroid dienone is 2. The van der Waals surface area contributed by atoms with Crippen molar-refractivity contribution in [1.29, 1.82) is 0 Å². The molecule has 0 N–H and O–H groups in total. The summed E-state index contributed by atoms with van der Waals surface area (Å²) in [6.07, 6.45) is 5.48. The Balaban J connectivity index is 1.57. The van der Waals surface area contributed by atoms with Gasteiger partial charge in [0.2, 0.25) is 0 Å². The minimum atomic E-state index is -0.238. The molecule has 7 heteroatoms. The van der Waals surface area contributed by atoms with Gasteiger partial charge in [0.05, 0.1) is 20.3 Å². The van der Waals surface area contributed by atoms with E-state index in [0.717, 1.165) is 15.8 Å². The second-order valence-electron chi connectivity index (χ2n) is 6.99. The number of aromatic nitrogens is 1. The number of amides is 1. The maximum Gasteiger partial charge on any atom is 0.284 e. The first-order chi connectivity index (χ1) is 15.6. The van der Waals surface area contributed by atoms with Crippen LogP contribution in [0.1, 0.15) is 11.1 Å². The second kappa shape index (κ2) is 8.71. The predicted molar refractivity (Wildman–Crippen MR) is 134 cm³/mol. The standard InChI is InChI=1S/C25H15Cl2N3OS/c26-18-14-21-22(15-19(18)27)32-25(29-21)30-23(17-11-5-2-6-12-17)28-20(24(30)31)13-7-10-16-8-3-1-4-9-16/h1-15H/b10-7+,20-13-. The van der Waals surface area contributed by atoms with Crippen molar-refractivity contribution in [2.45, 2.75) is 0 Å². The lowest BCUT2D eigenvalue weighted by Crippen LogP contribution is -2.32. The molecule has 156 valence electrons. The van der Waals surface area contributed by atoms with Gasteiger partial charge < -0.3 is 0 Å². The number of hydrogen-bond donors (Lipinski definition) is 0. The summed E-state index contributed by atoms with van der Waals surface area (Å²) in [5.41, 5.74) is 2.89. The minimum Gasteiger partial charge on any atom is -0.266 e. The molecule has 4 aromatic rings. The molecule has 0 saturated carbocycles. The third-order valence-corrected chi connectivity index (χ3v) is 6.57. The number of aliphatic imine (C=N–C) groups is 1. The lowest BCUT2D eigenvalue weighted by Gasteiger charge is -2.14. The van der Waals surface area contributed by atoms with Crippen LogP contribution in [0.25, 0.3) is 16.3 Å². The fourth-order valence-electron chi connectivity index (χ4n) is 3.31. The van der Waals surface area contributed by atoms with Crippen LogP contribution in [0.4, 0.5) is 5.13 Å². The van der Waals surface area contributed by atoms with Crippen LogP contribution in [0.2, 0.25) is 10.0 Å². The number of halogens is 2. The van der Waals surface area contributed by atoms with Gasteiger partial charge in [0.1, 0.15) is 11.5 Å². The first kappa shape index (κ1) is 20.6. The molecule has 0 saturated heterocycles. The number of carbonyl (C=O) groups is 1. The Morgan fingerprint density at radius 2 is 1.59 bits per heavy atom. The summed E-state index contributed by atoms with van der Waals surface area (Å²) in [4.78, 5) is 24.2. The fourth-order valence-corrected chi connectivity index (χ4v) is 4.68. The number of amidine groups is 1. The molecule has 1 amide bonds. The van der Waals surface area contributed by atoms with Crippen molar-refractivity contribution in [3.05, 3.63) is 112 Å². The Morgan fingerprint density at radius 1 is 0.906 bits per heavy atom. The van der Waals surface area contributed by atoms with E-state index in [1.54, 1.807) is 23.1 Å². The molecule has 32 heavy (non-hydrogen) atoms. The van der Waals surface area contributed by atoms with Crippen LogP contribution in [0.3, 0.4) is 0 Å². The van der Waals surface area contributed by atoms with Gasteiger partial charge in [0.25, 0.3) is 5.91 Å². The maximum atomic E-state index is 13.4. The number of thiazole rings is 1. The van der Waals surface area contributed by atoms with Gasteiger partial charge in [0, 0.05) is 5.56 Å². The van der Waals surface area contributed by atoms with Crippen molar-refractivity contribution >= 4 is 67.7 Å². The Labute approximate surface area is 198 Å². The highest BCUT2D eigenvalue weighted by molar-refractivity contribution is 7.22. The topological polar surface area (TPSA) is 45.6 Å². The van der Waals surface area contributed by atoms with Crippen molar-refractivity contribution in [2.24, 2.45) is 4.99 Å². The molecule has 0 bridgehead atoms. The fraction of sp³-hybridized carbons (Fsp3) is 0. The van der Waals surface area contributed by atoms with Gasteiger partial charge in [-0.1, -0.05) is 107 Å². The third-order valence-electron chi connectivity index (χ3n) is 4.85. The molecule has 1 aliphatic heterocycles. The van der Waals surface area contributed by atoms with E-state index in [1.807, 2.05) is 72.8 Å². The van der Waals surface area contributed by atoms with Crippen LogP contribution >= 0.6 is 34.5 Å². The molecule has 1 aromatic heterocycles.